The molecular weight excluding hydrogens is 132 g/mol. The van der Waals surface area contributed by atoms with Gasteiger partial charge in [-0.25, -0.2) is 4.89 Å². The Morgan fingerprint density at radius 2 is 2.00 bits per heavy atom. The molecule has 0 aromatic rings. The molecular formula is C7H16O3. The van der Waals surface area contributed by atoms with Crippen LogP contribution in [0.1, 0.15) is 32.6 Å². The summed E-state index contributed by atoms with van der Waals surface area (Å²) in [5.74, 6) is 0. The van der Waals surface area contributed by atoms with Gasteiger partial charge in [-0.3, -0.25) is 5.26 Å². The monoisotopic (exact) mass is 148 g/mol. The minimum absolute atomic E-state index is 0.199. The molecule has 0 aliphatic carbocycles. The van der Waals surface area contributed by atoms with E-state index in [0.29, 0.717) is 6.61 Å². The fourth-order valence-electron chi connectivity index (χ4n) is 0.783. The Kier molecular flexibility index (Phi) is 6.91. The van der Waals surface area contributed by atoms with Crippen LogP contribution < -0.4 is 0 Å². The van der Waals surface area contributed by atoms with E-state index in [9.17, 15) is 0 Å². The highest BCUT2D eigenvalue weighted by molar-refractivity contribution is 4.47. The quantitative estimate of drug-likeness (QED) is 0.340. The van der Waals surface area contributed by atoms with Crippen molar-refractivity contribution >= 4 is 0 Å². The van der Waals surface area contributed by atoms with Gasteiger partial charge >= 0.3 is 0 Å². The SMILES string of the molecule is CC(O)CCCCCOO. The first-order chi connectivity index (χ1) is 4.77. The summed E-state index contributed by atoms with van der Waals surface area (Å²) in [6.07, 6.45) is 3.51. The standard InChI is InChI=1S/C7H16O3/c1-7(8)5-3-2-4-6-10-9/h7-9H,2-6H2,1H3. The Morgan fingerprint density at radius 1 is 1.30 bits per heavy atom. The van der Waals surface area contributed by atoms with Gasteiger partial charge in [0.15, 0.2) is 0 Å². The maximum atomic E-state index is 8.83. The summed E-state index contributed by atoms with van der Waals surface area (Å²) >= 11 is 0. The van der Waals surface area contributed by atoms with Gasteiger partial charge in [0.05, 0.1) is 12.7 Å². The molecule has 0 aliphatic heterocycles. The predicted octanol–water partition coefficient (Wildman–Crippen LogP) is 1.42. The molecule has 0 spiro atoms. The zero-order valence-electron chi connectivity index (χ0n) is 6.42. The molecule has 1 atom stereocenters. The van der Waals surface area contributed by atoms with Crippen LogP contribution in [0.25, 0.3) is 0 Å². The molecule has 62 valence electrons. The average Bonchev–Trinajstić information content (AvgIpc) is 1.87. The van der Waals surface area contributed by atoms with Crippen LogP contribution in [0.15, 0.2) is 0 Å². The van der Waals surface area contributed by atoms with E-state index in [-0.39, 0.29) is 6.10 Å². The van der Waals surface area contributed by atoms with Crippen LogP contribution in [0, 0.1) is 0 Å². The molecule has 0 aromatic carbocycles. The van der Waals surface area contributed by atoms with Gasteiger partial charge in [-0.05, 0) is 19.8 Å². The van der Waals surface area contributed by atoms with Crippen LogP contribution in [0.3, 0.4) is 0 Å². The van der Waals surface area contributed by atoms with Gasteiger partial charge in [0.1, 0.15) is 0 Å². The second-order valence-electron chi connectivity index (χ2n) is 2.53. The van der Waals surface area contributed by atoms with Crippen LogP contribution in [0.4, 0.5) is 0 Å². The first kappa shape index (κ1) is 9.88. The molecule has 0 rings (SSSR count). The highest BCUT2D eigenvalue weighted by Gasteiger charge is 1.94. The Bertz CT molecular complexity index is 63.9. The fraction of sp³-hybridized carbons (Fsp3) is 1.00. The lowest BCUT2D eigenvalue weighted by Crippen LogP contribution is -1.99. The Balaban J connectivity index is 2.77. The molecule has 2 N–H and O–H groups in total. The van der Waals surface area contributed by atoms with E-state index in [1.165, 1.54) is 0 Å². The topological polar surface area (TPSA) is 49.7 Å². The molecule has 1 unspecified atom stereocenters. The van der Waals surface area contributed by atoms with Gasteiger partial charge in [0, 0.05) is 0 Å². The number of hydrogen-bond acceptors (Lipinski definition) is 3. The largest absolute Gasteiger partial charge is 0.393 e. The number of rotatable bonds is 6. The molecule has 0 aliphatic rings. The summed E-state index contributed by atoms with van der Waals surface area (Å²) in [5, 5.41) is 16.8. The van der Waals surface area contributed by atoms with Crippen molar-refractivity contribution in [3.63, 3.8) is 0 Å². The average molecular weight is 148 g/mol. The van der Waals surface area contributed by atoms with Crippen LogP contribution >= 0.6 is 0 Å². The lowest BCUT2D eigenvalue weighted by atomic mass is 10.1. The minimum atomic E-state index is -0.199. The minimum Gasteiger partial charge on any atom is -0.393 e. The first-order valence-corrected chi connectivity index (χ1v) is 3.72. The van der Waals surface area contributed by atoms with Crippen molar-refractivity contribution in [1.29, 1.82) is 0 Å². The van der Waals surface area contributed by atoms with Gasteiger partial charge < -0.3 is 5.11 Å². The highest BCUT2D eigenvalue weighted by Crippen LogP contribution is 2.02. The molecule has 0 aromatic heterocycles. The van der Waals surface area contributed by atoms with E-state index in [1.54, 1.807) is 6.92 Å². The first-order valence-electron chi connectivity index (χ1n) is 3.72. The number of hydrogen-bond donors (Lipinski definition) is 2. The van der Waals surface area contributed by atoms with Gasteiger partial charge in [-0.1, -0.05) is 12.8 Å². The molecule has 3 heteroatoms. The van der Waals surface area contributed by atoms with Crippen LogP contribution in [-0.2, 0) is 4.89 Å². The van der Waals surface area contributed by atoms with Crippen molar-refractivity contribution in [3.8, 4) is 0 Å². The van der Waals surface area contributed by atoms with Crippen molar-refractivity contribution < 1.29 is 15.3 Å². The van der Waals surface area contributed by atoms with Crippen molar-refractivity contribution in [1.82, 2.24) is 0 Å². The van der Waals surface area contributed by atoms with Crippen molar-refractivity contribution in [2.75, 3.05) is 6.61 Å². The predicted molar refractivity (Wildman–Crippen MR) is 38.7 cm³/mol. The number of aliphatic hydroxyl groups excluding tert-OH is 1. The molecule has 0 saturated heterocycles. The van der Waals surface area contributed by atoms with Gasteiger partial charge in [-0.15, -0.1) is 0 Å². The maximum Gasteiger partial charge on any atom is 0.0819 e. The van der Waals surface area contributed by atoms with Gasteiger partial charge in [0.25, 0.3) is 0 Å². The van der Waals surface area contributed by atoms with Crippen LogP contribution in [0.5, 0.6) is 0 Å². The lowest BCUT2D eigenvalue weighted by Gasteiger charge is -2.01. The fourth-order valence-corrected chi connectivity index (χ4v) is 0.783. The van der Waals surface area contributed by atoms with Crippen LogP contribution in [0.2, 0.25) is 0 Å². The lowest BCUT2D eigenvalue weighted by molar-refractivity contribution is -0.242. The summed E-state index contributed by atoms with van der Waals surface area (Å²) in [6.45, 7) is 2.18. The van der Waals surface area contributed by atoms with E-state index in [2.05, 4.69) is 4.89 Å². The van der Waals surface area contributed by atoms with E-state index in [4.69, 9.17) is 10.4 Å². The molecule has 10 heavy (non-hydrogen) atoms. The van der Waals surface area contributed by atoms with Crippen molar-refractivity contribution in [3.05, 3.63) is 0 Å². The molecule has 0 fully saturated rings. The summed E-state index contributed by atoms with van der Waals surface area (Å²) < 4.78 is 0. The Labute approximate surface area is 61.6 Å². The van der Waals surface area contributed by atoms with E-state index < -0.39 is 0 Å². The van der Waals surface area contributed by atoms with Gasteiger partial charge in [0.2, 0.25) is 0 Å². The number of aliphatic hydroxyl groups is 1. The third-order valence-corrected chi connectivity index (χ3v) is 1.36. The molecule has 0 heterocycles. The summed E-state index contributed by atoms with van der Waals surface area (Å²) in [6, 6.07) is 0. The summed E-state index contributed by atoms with van der Waals surface area (Å²) in [7, 11) is 0. The molecule has 0 saturated carbocycles. The van der Waals surface area contributed by atoms with E-state index in [1.807, 2.05) is 0 Å². The summed E-state index contributed by atoms with van der Waals surface area (Å²) in [5.41, 5.74) is 0. The zero-order valence-corrected chi connectivity index (χ0v) is 6.42. The second kappa shape index (κ2) is 6.99. The molecule has 0 amide bonds. The maximum absolute atomic E-state index is 8.83. The molecule has 0 bridgehead atoms. The van der Waals surface area contributed by atoms with Crippen molar-refractivity contribution in [2.24, 2.45) is 0 Å². The molecule has 0 radical (unpaired) electrons. The Morgan fingerprint density at radius 3 is 2.50 bits per heavy atom. The van der Waals surface area contributed by atoms with E-state index in [0.717, 1.165) is 25.7 Å². The van der Waals surface area contributed by atoms with Crippen molar-refractivity contribution in [2.45, 2.75) is 38.7 Å². The smallest absolute Gasteiger partial charge is 0.0819 e. The third kappa shape index (κ3) is 7.88. The highest BCUT2D eigenvalue weighted by atomic mass is 17.1. The normalized spacial score (nSPS) is 13.5. The van der Waals surface area contributed by atoms with Crippen LogP contribution in [-0.4, -0.2) is 23.1 Å². The summed E-state index contributed by atoms with van der Waals surface area (Å²) in [4.78, 5) is 3.89. The third-order valence-electron chi connectivity index (χ3n) is 1.36. The van der Waals surface area contributed by atoms with E-state index >= 15 is 0 Å². The zero-order chi connectivity index (χ0) is 7.82. The van der Waals surface area contributed by atoms with Gasteiger partial charge in [-0.2, -0.15) is 0 Å². The Hall–Kier alpha value is -0.120. The second-order valence-corrected chi connectivity index (χ2v) is 2.53. The molecule has 3 nitrogen and oxygen atoms in total. The number of unbranched alkanes of at least 4 members (excludes halogenated alkanes) is 2.